The van der Waals surface area contributed by atoms with Gasteiger partial charge >= 0.3 is 0 Å². The summed E-state index contributed by atoms with van der Waals surface area (Å²) >= 11 is 1.46. The van der Waals surface area contributed by atoms with E-state index in [0.717, 1.165) is 10.1 Å². The maximum atomic E-state index is 5.96. The van der Waals surface area contributed by atoms with E-state index in [1.807, 2.05) is 29.8 Å². The fraction of sp³-hybridized carbons (Fsp3) is 0.200. The van der Waals surface area contributed by atoms with Gasteiger partial charge in [-0.15, -0.1) is 10.2 Å². The van der Waals surface area contributed by atoms with Gasteiger partial charge in [0.2, 0.25) is 0 Å². The van der Waals surface area contributed by atoms with Gasteiger partial charge < -0.3 is 15.0 Å². The van der Waals surface area contributed by atoms with Crippen molar-refractivity contribution >= 4 is 17.4 Å². The van der Waals surface area contributed by atoms with Crippen LogP contribution in [0.5, 0.6) is 5.75 Å². The largest absolute Gasteiger partial charge is 0.495 e. The standard InChI is InChI=1S/C10H12N4OS/c1-14-6-12-13-10(14)16-8-5-3-4-7(15-2)9(8)11/h3-6H,11H2,1-2H3. The van der Waals surface area contributed by atoms with Crippen LogP contribution in [0.1, 0.15) is 0 Å². The Hall–Kier alpha value is -1.69. The molecule has 0 radical (unpaired) electrons. The molecule has 2 aromatic rings. The maximum Gasteiger partial charge on any atom is 0.195 e. The third-order valence-corrected chi connectivity index (χ3v) is 3.25. The molecule has 2 N–H and O–H groups in total. The second kappa shape index (κ2) is 4.44. The van der Waals surface area contributed by atoms with E-state index in [4.69, 9.17) is 10.5 Å². The highest BCUT2D eigenvalue weighted by molar-refractivity contribution is 7.99. The first-order chi connectivity index (χ1) is 7.72. The molecule has 6 heteroatoms. The molecule has 0 fully saturated rings. The topological polar surface area (TPSA) is 66.0 Å². The van der Waals surface area contributed by atoms with Gasteiger partial charge in [-0.3, -0.25) is 0 Å². The minimum absolute atomic E-state index is 0.623. The summed E-state index contributed by atoms with van der Waals surface area (Å²) in [5.41, 5.74) is 6.58. The van der Waals surface area contributed by atoms with Crippen LogP contribution in [0.4, 0.5) is 5.69 Å². The van der Waals surface area contributed by atoms with Crippen molar-refractivity contribution < 1.29 is 4.74 Å². The summed E-state index contributed by atoms with van der Waals surface area (Å²) < 4.78 is 6.99. The van der Waals surface area contributed by atoms with Crippen LogP contribution >= 0.6 is 11.8 Å². The highest BCUT2D eigenvalue weighted by Crippen LogP contribution is 2.35. The average Bonchev–Trinajstić information content (AvgIpc) is 2.68. The molecular weight excluding hydrogens is 224 g/mol. The summed E-state index contributed by atoms with van der Waals surface area (Å²) in [5, 5.41) is 8.59. The second-order valence-electron chi connectivity index (χ2n) is 3.20. The van der Waals surface area contributed by atoms with Gasteiger partial charge in [-0.05, 0) is 23.9 Å². The zero-order valence-electron chi connectivity index (χ0n) is 9.04. The van der Waals surface area contributed by atoms with Crippen LogP contribution in [0.15, 0.2) is 34.6 Å². The van der Waals surface area contributed by atoms with Gasteiger partial charge in [0.1, 0.15) is 12.1 Å². The number of aromatic nitrogens is 3. The molecular formula is C10H12N4OS. The first-order valence-electron chi connectivity index (χ1n) is 4.66. The van der Waals surface area contributed by atoms with Gasteiger partial charge in [-0.2, -0.15) is 0 Å². The number of nitrogens with zero attached hydrogens (tertiary/aromatic N) is 3. The fourth-order valence-electron chi connectivity index (χ4n) is 1.25. The van der Waals surface area contributed by atoms with Crippen LogP contribution in [-0.2, 0) is 7.05 Å². The summed E-state index contributed by atoms with van der Waals surface area (Å²) in [6.45, 7) is 0. The molecule has 0 saturated carbocycles. The lowest BCUT2D eigenvalue weighted by Gasteiger charge is -2.08. The predicted octanol–water partition coefficient (Wildman–Crippen LogP) is 1.56. The molecule has 0 atom stereocenters. The van der Waals surface area contributed by atoms with E-state index in [9.17, 15) is 0 Å². The van der Waals surface area contributed by atoms with Crippen LogP contribution < -0.4 is 10.5 Å². The van der Waals surface area contributed by atoms with Gasteiger partial charge in [0.15, 0.2) is 5.16 Å². The zero-order chi connectivity index (χ0) is 11.5. The SMILES string of the molecule is COc1cccc(Sc2nncn2C)c1N. The van der Waals surface area contributed by atoms with Crippen molar-refractivity contribution in [3.63, 3.8) is 0 Å². The van der Waals surface area contributed by atoms with Crippen LogP contribution in [0.25, 0.3) is 0 Å². The maximum absolute atomic E-state index is 5.96. The molecule has 0 amide bonds. The van der Waals surface area contributed by atoms with Crippen molar-refractivity contribution in [2.45, 2.75) is 10.1 Å². The van der Waals surface area contributed by atoms with E-state index in [1.54, 1.807) is 13.4 Å². The number of aryl methyl sites for hydroxylation is 1. The summed E-state index contributed by atoms with van der Waals surface area (Å²) in [7, 11) is 3.49. The van der Waals surface area contributed by atoms with Crippen LogP contribution in [0.3, 0.4) is 0 Å². The monoisotopic (exact) mass is 236 g/mol. The van der Waals surface area contributed by atoms with Gasteiger partial charge in [0.05, 0.1) is 12.8 Å². The molecule has 0 aliphatic rings. The molecule has 16 heavy (non-hydrogen) atoms. The van der Waals surface area contributed by atoms with Crippen molar-refractivity contribution in [3.05, 3.63) is 24.5 Å². The van der Waals surface area contributed by atoms with E-state index in [-0.39, 0.29) is 0 Å². The van der Waals surface area contributed by atoms with E-state index in [0.29, 0.717) is 11.4 Å². The third-order valence-electron chi connectivity index (χ3n) is 2.12. The van der Waals surface area contributed by atoms with E-state index in [2.05, 4.69) is 10.2 Å². The Balaban J connectivity index is 2.32. The summed E-state index contributed by atoms with van der Waals surface area (Å²) in [6, 6.07) is 5.65. The number of hydrogen-bond acceptors (Lipinski definition) is 5. The van der Waals surface area contributed by atoms with Crippen molar-refractivity contribution in [1.29, 1.82) is 0 Å². The highest BCUT2D eigenvalue weighted by atomic mass is 32.2. The molecule has 1 heterocycles. The van der Waals surface area contributed by atoms with Crippen molar-refractivity contribution in [2.24, 2.45) is 7.05 Å². The second-order valence-corrected chi connectivity index (χ2v) is 4.21. The average molecular weight is 236 g/mol. The number of benzene rings is 1. The summed E-state index contributed by atoms with van der Waals surface area (Å²) in [6.07, 6.45) is 1.65. The number of methoxy groups -OCH3 is 1. The Kier molecular flexibility index (Phi) is 3.00. The summed E-state index contributed by atoms with van der Waals surface area (Å²) in [5.74, 6) is 0.673. The highest BCUT2D eigenvalue weighted by Gasteiger charge is 2.09. The van der Waals surface area contributed by atoms with Gasteiger partial charge in [0.25, 0.3) is 0 Å². The molecule has 0 bridgehead atoms. The van der Waals surface area contributed by atoms with Gasteiger partial charge in [-0.1, -0.05) is 6.07 Å². The van der Waals surface area contributed by atoms with E-state index < -0.39 is 0 Å². The Morgan fingerprint density at radius 1 is 1.44 bits per heavy atom. The predicted molar refractivity (Wildman–Crippen MR) is 62.5 cm³/mol. The lowest BCUT2D eigenvalue weighted by atomic mass is 10.3. The minimum Gasteiger partial charge on any atom is -0.495 e. The van der Waals surface area contributed by atoms with Crippen molar-refractivity contribution in [3.8, 4) is 5.75 Å². The number of nitrogens with two attached hydrogens (primary N) is 1. The molecule has 2 rings (SSSR count). The van der Waals surface area contributed by atoms with Crippen molar-refractivity contribution in [1.82, 2.24) is 14.8 Å². The van der Waals surface area contributed by atoms with Crippen LogP contribution in [0.2, 0.25) is 0 Å². The van der Waals surface area contributed by atoms with Crippen molar-refractivity contribution in [2.75, 3.05) is 12.8 Å². The quantitative estimate of drug-likeness (QED) is 0.819. The molecule has 0 unspecified atom stereocenters. The minimum atomic E-state index is 0.623. The number of ether oxygens (including phenoxy) is 1. The van der Waals surface area contributed by atoms with Gasteiger partial charge in [-0.25, -0.2) is 0 Å². The van der Waals surface area contributed by atoms with Gasteiger partial charge in [0, 0.05) is 11.9 Å². The smallest absolute Gasteiger partial charge is 0.195 e. The molecule has 0 aliphatic heterocycles. The number of hydrogen-bond donors (Lipinski definition) is 1. The molecule has 0 spiro atoms. The first kappa shape index (κ1) is 10.8. The van der Waals surface area contributed by atoms with E-state index in [1.165, 1.54) is 11.8 Å². The summed E-state index contributed by atoms with van der Waals surface area (Å²) in [4.78, 5) is 0.912. The van der Waals surface area contributed by atoms with E-state index >= 15 is 0 Å². The molecule has 0 saturated heterocycles. The molecule has 0 aliphatic carbocycles. The van der Waals surface area contributed by atoms with Crippen LogP contribution in [-0.4, -0.2) is 21.9 Å². The lowest BCUT2D eigenvalue weighted by molar-refractivity contribution is 0.416. The molecule has 1 aromatic carbocycles. The number of para-hydroxylation sites is 1. The molecule has 5 nitrogen and oxygen atoms in total. The lowest BCUT2D eigenvalue weighted by Crippen LogP contribution is -1.95. The third kappa shape index (κ3) is 1.96. The molecule has 84 valence electrons. The number of rotatable bonds is 3. The fourth-order valence-corrected chi connectivity index (χ4v) is 2.09. The van der Waals surface area contributed by atoms with Crippen LogP contribution in [0, 0.1) is 0 Å². The Bertz CT molecular complexity index is 497. The Labute approximate surface area is 97.6 Å². The number of nitrogen functional groups attached to an aromatic ring is 1. The Morgan fingerprint density at radius 3 is 2.88 bits per heavy atom. The molecule has 1 aromatic heterocycles. The number of anilines is 1. The Morgan fingerprint density at radius 2 is 2.25 bits per heavy atom. The first-order valence-corrected chi connectivity index (χ1v) is 5.48. The normalized spacial score (nSPS) is 10.4. The zero-order valence-corrected chi connectivity index (χ0v) is 9.86.